The van der Waals surface area contributed by atoms with Gasteiger partial charge in [-0.25, -0.2) is 4.90 Å². The number of nitro benzene ring substituents is 1. The van der Waals surface area contributed by atoms with E-state index in [0.717, 1.165) is 16.2 Å². The SMILES string of the molecule is COc1ccc(OC)c(N2C(=O)C3C(C2=O)C(C(=O)Nc2ccc([N+](=O)[O-])cc2)N2c4ccccc4C=CC32)c1. The standard InChI is InChI=1S/C29H24N4O7/c1-39-19-12-14-23(40-2)22(15-19)32-28(35)24-21-13-7-16-5-3-4-6-20(16)31(21)26(25(24)29(32)36)27(34)30-17-8-10-18(11-9-17)33(37)38/h3-15,21,24-26H,1-2H3,(H,30,34). The fourth-order valence-corrected chi connectivity index (χ4v) is 5.91. The molecule has 11 heteroatoms. The average molecular weight is 541 g/mol. The Labute approximate surface area is 228 Å². The van der Waals surface area contributed by atoms with Crippen molar-refractivity contribution >= 4 is 46.5 Å². The third-order valence-corrected chi connectivity index (χ3v) is 7.66. The molecule has 0 aromatic heterocycles. The van der Waals surface area contributed by atoms with Gasteiger partial charge in [0.1, 0.15) is 17.5 Å². The van der Waals surface area contributed by atoms with Crippen LogP contribution in [0.5, 0.6) is 11.5 Å². The molecule has 11 nitrogen and oxygen atoms in total. The van der Waals surface area contributed by atoms with Gasteiger partial charge in [-0.2, -0.15) is 0 Å². The smallest absolute Gasteiger partial charge is 0.269 e. The number of imide groups is 1. The van der Waals surface area contributed by atoms with Crippen molar-refractivity contribution in [2.24, 2.45) is 11.8 Å². The number of nitro groups is 1. The largest absolute Gasteiger partial charge is 0.497 e. The predicted molar refractivity (Wildman–Crippen MR) is 146 cm³/mol. The van der Waals surface area contributed by atoms with E-state index in [0.29, 0.717) is 17.2 Å². The highest BCUT2D eigenvalue weighted by atomic mass is 16.6. The van der Waals surface area contributed by atoms with Crippen molar-refractivity contribution in [1.29, 1.82) is 0 Å². The number of nitrogens with one attached hydrogen (secondary N) is 1. The Morgan fingerprint density at radius 2 is 1.65 bits per heavy atom. The number of benzene rings is 3. The van der Waals surface area contributed by atoms with Crippen LogP contribution < -0.4 is 24.6 Å². The molecule has 4 unspecified atom stereocenters. The second kappa shape index (κ2) is 9.53. The van der Waals surface area contributed by atoms with Crippen LogP contribution in [0.15, 0.2) is 72.8 Å². The minimum atomic E-state index is -1.03. The Morgan fingerprint density at radius 3 is 2.35 bits per heavy atom. The van der Waals surface area contributed by atoms with Gasteiger partial charge in [0.05, 0.1) is 42.7 Å². The Morgan fingerprint density at radius 1 is 0.925 bits per heavy atom. The van der Waals surface area contributed by atoms with Gasteiger partial charge in [0.2, 0.25) is 17.7 Å². The number of carbonyl (C=O) groups excluding carboxylic acids is 3. The summed E-state index contributed by atoms with van der Waals surface area (Å²) in [5, 5.41) is 13.9. The second-order valence-corrected chi connectivity index (χ2v) is 9.66. The third kappa shape index (κ3) is 3.77. The van der Waals surface area contributed by atoms with Gasteiger partial charge in [-0.1, -0.05) is 30.4 Å². The molecule has 4 atom stereocenters. The van der Waals surface area contributed by atoms with Gasteiger partial charge >= 0.3 is 0 Å². The topological polar surface area (TPSA) is 131 Å². The molecule has 0 saturated carbocycles. The van der Waals surface area contributed by atoms with Crippen LogP contribution in [0.4, 0.5) is 22.7 Å². The summed E-state index contributed by atoms with van der Waals surface area (Å²) in [7, 11) is 2.93. The van der Waals surface area contributed by atoms with Crippen molar-refractivity contribution in [1.82, 2.24) is 0 Å². The van der Waals surface area contributed by atoms with E-state index in [1.54, 1.807) is 18.2 Å². The van der Waals surface area contributed by atoms with Gasteiger partial charge < -0.3 is 19.7 Å². The first-order valence-electron chi connectivity index (χ1n) is 12.5. The molecule has 2 fully saturated rings. The van der Waals surface area contributed by atoms with E-state index >= 15 is 0 Å². The summed E-state index contributed by atoms with van der Waals surface area (Å²) >= 11 is 0. The van der Waals surface area contributed by atoms with Crippen molar-refractivity contribution < 1.29 is 28.8 Å². The van der Waals surface area contributed by atoms with E-state index in [-0.39, 0.29) is 11.4 Å². The zero-order valence-corrected chi connectivity index (χ0v) is 21.5. The molecule has 0 bridgehead atoms. The Kier molecular flexibility index (Phi) is 5.98. The summed E-state index contributed by atoms with van der Waals surface area (Å²) in [4.78, 5) is 55.5. The lowest BCUT2D eigenvalue weighted by Gasteiger charge is -2.36. The van der Waals surface area contributed by atoms with E-state index in [1.807, 2.05) is 41.3 Å². The number of carbonyl (C=O) groups is 3. The maximum absolute atomic E-state index is 14.1. The Hall–Kier alpha value is -5.19. The molecule has 3 aromatic rings. The summed E-state index contributed by atoms with van der Waals surface area (Å²) in [6, 6.07) is 16.2. The third-order valence-electron chi connectivity index (χ3n) is 7.66. The number of methoxy groups -OCH3 is 2. The van der Waals surface area contributed by atoms with E-state index < -0.39 is 46.6 Å². The number of hydrogen-bond acceptors (Lipinski definition) is 8. The van der Waals surface area contributed by atoms with Crippen LogP contribution in [0.25, 0.3) is 6.08 Å². The number of amides is 3. The normalized spacial score (nSPS) is 22.4. The molecule has 6 rings (SSSR count). The first-order valence-corrected chi connectivity index (χ1v) is 12.5. The summed E-state index contributed by atoms with van der Waals surface area (Å²) in [5.74, 6) is -2.54. The van der Waals surface area contributed by atoms with Crippen LogP contribution in [0, 0.1) is 22.0 Å². The summed E-state index contributed by atoms with van der Waals surface area (Å²) < 4.78 is 10.8. The van der Waals surface area contributed by atoms with Gasteiger partial charge in [0, 0.05) is 29.6 Å². The summed E-state index contributed by atoms with van der Waals surface area (Å²) in [6.07, 6.45) is 3.76. The predicted octanol–water partition coefficient (Wildman–Crippen LogP) is 3.64. The highest BCUT2D eigenvalue weighted by molar-refractivity contribution is 6.25. The molecule has 0 spiro atoms. The van der Waals surface area contributed by atoms with Gasteiger partial charge in [0.25, 0.3) is 5.69 Å². The summed E-state index contributed by atoms with van der Waals surface area (Å²) in [6.45, 7) is 0. The zero-order chi connectivity index (χ0) is 28.1. The first kappa shape index (κ1) is 25.1. The molecule has 1 N–H and O–H groups in total. The van der Waals surface area contributed by atoms with E-state index in [9.17, 15) is 24.5 Å². The number of fused-ring (bicyclic) bond motifs is 5. The molecule has 3 amide bonds. The molecule has 0 radical (unpaired) electrons. The molecule has 202 valence electrons. The lowest BCUT2D eigenvalue weighted by Crippen LogP contribution is -2.50. The van der Waals surface area contributed by atoms with Crippen LogP contribution in [0.3, 0.4) is 0 Å². The number of para-hydroxylation sites is 1. The van der Waals surface area contributed by atoms with Gasteiger partial charge in [-0.3, -0.25) is 24.5 Å². The van der Waals surface area contributed by atoms with Crippen LogP contribution in [-0.4, -0.2) is 48.9 Å². The molecule has 3 heterocycles. The van der Waals surface area contributed by atoms with Crippen LogP contribution in [0.2, 0.25) is 0 Å². The van der Waals surface area contributed by atoms with E-state index in [1.165, 1.54) is 38.5 Å². The van der Waals surface area contributed by atoms with Crippen LogP contribution >= 0.6 is 0 Å². The lowest BCUT2D eigenvalue weighted by molar-refractivity contribution is -0.384. The van der Waals surface area contributed by atoms with E-state index in [4.69, 9.17) is 9.47 Å². The van der Waals surface area contributed by atoms with Gasteiger partial charge in [-0.15, -0.1) is 0 Å². The molecule has 40 heavy (non-hydrogen) atoms. The Bertz CT molecular complexity index is 1590. The number of rotatable bonds is 6. The van der Waals surface area contributed by atoms with Crippen LogP contribution in [-0.2, 0) is 14.4 Å². The van der Waals surface area contributed by atoms with Crippen molar-refractivity contribution in [3.05, 3.63) is 88.5 Å². The maximum Gasteiger partial charge on any atom is 0.269 e. The number of nitrogens with zero attached hydrogens (tertiary/aromatic N) is 3. The fourth-order valence-electron chi connectivity index (χ4n) is 5.91. The molecule has 3 aliphatic heterocycles. The Balaban J connectivity index is 1.43. The monoisotopic (exact) mass is 540 g/mol. The lowest BCUT2D eigenvalue weighted by atomic mass is 9.88. The quantitative estimate of drug-likeness (QED) is 0.285. The van der Waals surface area contributed by atoms with Gasteiger partial charge in [-0.05, 0) is 35.9 Å². The first-order chi connectivity index (χ1) is 19.3. The highest BCUT2D eigenvalue weighted by Gasteiger charge is 2.64. The fraction of sp³-hybridized carbons (Fsp3) is 0.207. The van der Waals surface area contributed by atoms with Crippen molar-refractivity contribution in [3.63, 3.8) is 0 Å². The molecule has 2 saturated heterocycles. The number of anilines is 3. The minimum Gasteiger partial charge on any atom is -0.497 e. The number of hydrogen-bond donors (Lipinski definition) is 1. The maximum atomic E-state index is 14.1. The van der Waals surface area contributed by atoms with E-state index in [2.05, 4.69) is 5.32 Å². The highest BCUT2D eigenvalue weighted by Crippen LogP contribution is 2.50. The summed E-state index contributed by atoms with van der Waals surface area (Å²) in [5.41, 5.74) is 2.05. The number of non-ortho nitro benzene ring substituents is 1. The van der Waals surface area contributed by atoms with Crippen LogP contribution in [0.1, 0.15) is 5.56 Å². The zero-order valence-electron chi connectivity index (χ0n) is 21.5. The molecular weight excluding hydrogens is 516 g/mol. The van der Waals surface area contributed by atoms with Crippen molar-refractivity contribution in [3.8, 4) is 11.5 Å². The molecule has 0 aliphatic carbocycles. The molecule has 3 aromatic carbocycles. The van der Waals surface area contributed by atoms with Crippen molar-refractivity contribution in [2.75, 3.05) is 29.3 Å². The van der Waals surface area contributed by atoms with Crippen molar-refractivity contribution in [2.45, 2.75) is 12.1 Å². The second-order valence-electron chi connectivity index (χ2n) is 9.66. The molecule has 3 aliphatic rings. The molecular formula is C29H24N4O7. The number of ether oxygens (including phenoxy) is 2. The van der Waals surface area contributed by atoms with Gasteiger partial charge in [0.15, 0.2) is 0 Å². The average Bonchev–Trinajstić information content (AvgIpc) is 3.45. The minimum absolute atomic E-state index is 0.117.